The van der Waals surface area contributed by atoms with E-state index in [1.807, 2.05) is 0 Å². The first-order valence-corrected chi connectivity index (χ1v) is 38.1. The standard InChI is InChI=1S/C24H40N7O17P3.C22H38N7O16P3S/c1-13(32)5-7-26-15(33)6-8-27-22(36)19(35)23(2,3)10-45-51(42,43)48-50(40,41)44-9-14-17(47-49(37,38)39)18(34)24(4,46-14)31-12-30-16-20(25)28-11-29-21(16)31;1-21(2,17(32)20(33)25-5-4-13(30)24-6-7-49)9-42-48(39,40)45-47(37,38)41-8-12-15(44-46(34,35)36)16(31)22(3,43-12)29-11-28-14-18(23)26-10-27-19(14)29/h11-12,14,17-19,34-35H,5-10H2,1-4H3,(H,26,33)(H,27,36)(H,40,41)(H,42,43)(H2,25,28,29)(H2,37,38,39);10-12,15-17,31-32,49H,4-9H2,1-3H3,(H,24,30)(H,25,33)(H,37,38)(H,39,40)(H2,23,26,27)(H2,34,35,36)/p-8. The van der Waals surface area contributed by atoms with Gasteiger partial charge in [0, 0.05) is 62.0 Å². The van der Waals surface area contributed by atoms with E-state index < -0.39 is 168 Å². The lowest BCUT2D eigenvalue weighted by Crippen LogP contribution is -2.46. The summed E-state index contributed by atoms with van der Waals surface area (Å²) in [6.07, 6.45) is -11.9. The molecule has 2 fully saturated rings. The highest BCUT2D eigenvalue weighted by Crippen LogP contribution is 2.58. The summed E-state index contributed by atoms with van der Waals surface area (Å²) < 4.78 is 121. The normalized spacial score (nSPS) is 24.4. The van der Waals surface area contributed by atoms with Crippen LogP contribution in [-0.2, 0) is 108 Å². The molecule has 6 heterocycles. The largest absolute Gasteiger partial charge is 0.790 e. The van der Waals surface area contributed by atoms with E-state index in [1.165, 1.54) is 48.5 Å². The van der Waals surface area contributed by atoms with Crippen LogP contribution in [0.15, 0.2) is 25.3 Å². The second-order valence-corrected chi connectivity index (χ2v) is 31.8. The Balaban J connectivity index is 0.000000361. The third-order valence-electron chi connectivity index (χ3n) is 14.3. The van der Waals surface area contributed by atoms with Crippen molar-refractivity contribution in [2.45, 2.75) is 128 Å². The second kappa shape index (κ2) is 34.3. The highest BCUT2D eigenvalue weighted by atomic mass is 32.1. The SMILES string of the molecule is CC(=O)CCNC(=O)CCNC(=O)C(O)C(C)(C)COP(=O)([O-])OP(=O)([O-])OCC1OC(C)(n2cnc3c(N)ncnc32)C(O)C1OP(=O)([O-])[O-].CC(C)(COP(=O)([O-])OP(=O)([O-])OCC1OC(C)(n2cnc3c(N)ncnc32)C(O)C1OP(=O)([O-])[O-])C(O)C(=O)NCCC(=O)NCCS. The number of nitrogens with two attached hydrogens (primary N) is 2. The third kappa shape index (κ3) is 24.1. The van der Waals surface area contributed by atoms with Gasteiger partial charge >= 0.3 is 0 Å². The maximum atomic E-state index is 12.5. The van der Waals surface area contributed by atoms with E-state index in [9.17, 15) is 111 Å². The number of rotatable bonds is 37. The molecule has 6 rings (SSSR count). The molecule has 14 unspecified atom stereocenters. The molecule has 0 spiro atoms. The molecule has 12 N–H and O–H groups in total. The molecule has 14 atom stereocenters. The number of hydrogen-bond donors (Lipinski definition) is 11. The zero-order valence-corrected chi connectivity index (χ0v) is 59.7. The molecular weight excluding hydrogens is 1490 g/mol. The van der Waals surface area contributed by atoms with Gasteiger partial charge in [-0.15, -0.1) is 0 Å². The highest BCUT2D eigenvalue weighted by Gasteiger charge is 2.57. The minimum atomic E-state index is -5.92. The van der Waals surface area contributed by atoms with Gasteiger partial charge in [-0.3, -0.25) is 51.4 Å². The number of nitrogens with zero attached hydrogens (tertiary/aromatic N) is 8. The lowest BCUT2D eigenvalue weighted by atomic mass is 9.87. The number of carbonyl (C=O) groups is 5. The van der Waals surface area contributed by atoms with Crippen molar-refractivity contribution in [2.24, 2.45) is 10.8 Å². The molecule has 0 aromatic carbocycles. The lowest BCUT2D eigenvalue weighted by Gasteiger charge is -2.36. The minimum Gasteiger partial charge on any atom is -0.790 e. The fourth-order valence-electron chi connectivity index (χ4n) is 9.03. The van der Waals surface area contributed by atoms with Crippen molar-refractivity contribution in [3.8, 4) is 0 Å². The average molecular weight is 1570 g/mol. The smallest absolute Gasteiger partial charge is 0.274 e. The van der Waals surface area contributed by atoms with Crippen molar-refractivity contribution in [1.82, 2.24) is 60.3 Å². The number of ketones is 1. The average Bonchev–Trinajstić information content (AvgIpc) is 1.59. The van der Waals surface area contributed by atoms with Crippen molar-refractivity contribution in [2.75, 3.05) is 69.8 Å². The number of aliphatic hydroxyl groups is 4. The van der Waals surface area contributed by atoms with E-state index in [0.29, 0.717) is 12.3 Å². The molecule has 100 heavy (non-hydrogen) atoms. The van der Waals surface area contributed by atoms with E-state index in [0.717, 1.165) is 34.4 Å². The lowest BCUT2D eigenvalue weighted by molar-refractivity contribution is -0.349. The zero-order valence-electron chi connectivity index (χ0n) is 53.4. The number of phosphoric acid groups is 6. The van der Waals surface area contributed by atoms with Gasteiger partial charge in [0.2, 0.25) is 23.6 Å². The molecule has 0 aliphatic carbocycles. The van der Waals surface area contributed by atoms with Gasteiger partial charge in [-0.2, -0.15) is 12.6 Å². The summed E-state index contributed by atoms with van der Waals surface area (Å²) in [6.45, 7) is 3.97. The predicted molar refractivity (Wildman–Crippen MR) is 320 cm³/mol. The van der Waals surface area contributed by atoms with Crippen molar-refractivity contribution in [3.05, 3.63) is 25.3 Å². The maximum absolute atomic E-state index is 12.5. The van der Waals surface area contributed by atoms with Gasteiger partial charge in [-0.25, -0.2) is 38.5 Å². The van der Waals surface area contributed by atoms with Crippen LogP contribution >= 0.6 is 59.6 Å². The van der Waals surface area contributed by atoms with Crippen molar-refractivity contribution in [1.29, 1.82) is 0 Å². The zero-order chi connectivity index (χ0) is 75.6. The number of nitrogen functional groups attached to an aromatic ring is 2. The van der Waals surface area contributed by atoms with Crippen LogP contribution in [0.5, 0.6) is 0 Å². The molecule has 0 radical (unpaired) electrons. The van der Waals surface area contributed by atoms with Crippen LogP contribution in [0.1, 0.15) is 67.7 Å². The van der Waals surface area contributed by atoms with Crippen molar-refractivity contribution >= 4 is 123 Å². The van der Waals surface area contributed by atoms with E-state index in [4.69, 9.17) is 20.9 Å². The summed E-state index contributed by atoms with van der Waals surface area (Å²) in [7, 11) is -35.2. The van der Waals surface area contributed by atoms with Crippen LogP contribution < -0.4 is 71.9 Å². The van der Waals surface area contributed by atoms with E-state index in [2.05, 4.69) is 99.6 Å². The molecule has 4 aromatic heterocycles. The van der Waals surface area contributed by atoms with Gasteiger partial charge in [0.1, 0.15) is 78.3 Å². The quantitative estimate of drug-likeness (QED) is 0.0148. The summed E-state index contributed by atoms with van der Waals surface area (Å²) >= 11 is 3.94. The van der Waals surface area contributed by atoms with Crippen LogP contribution in [0.2, 0.25) is 0 Å². The molecule has 0 bridgehead atoms. The van der Waals surface area contributed by atoms with Crippen LogP contribution in [0.25, 0.3) is 22.3 Å². The van der Waals surface area contributed by atoms with Gasteiger partial charge in [-0.1, -0.05) is 27.7 Å². The number of Topliss-reactive ketones (excluding diaryl/α,β-unsaturated/α-hetero) is 1. The Bertz CT molecular complexity index is 3870. The summed E-state index contributed by atoms with van der Waals surface area (Å²) in [6, 6.07) is 0. The summed E-state index contributed by atoms with van der Waals surface area (Å²) in [4.78, 5) is 178. The topological polar surface area (TPSA) is 733 Å². The molecule has 566 valence electrons. The number of nitrogens with one attached hydrogen (secondary N) is 4. The molecular formula is C46H70N14O33P6S-8. The second-order valence-electron chi connectivity index (χ2n) is 23.3. The number of aromatic nitrogens is 8. The van der Waals surface area contributed by atoms with Gasteiger partial charge in [0.25, 0.3) is 31.3 Å². The van der Waals surface area contributed by atoms with Gasteiger partial charge < -0.3 is 138 Å². The van der Waals surface area contributed by atoms with Crippen LogP contribution in [0.3, 0.4) is 0 Å². The van der Waals surface area contributed by atoms with E-state index >= 15 is 0 Å². The van der Waals surface area contributed by atoms with Crippen molar-refractivity contribution in [3.63, 3.8) is 0 Å². The summed E-state index contributed by atoms with van der Waals surface area (Å²) in [5.74, 6) is -2.79. The van der Waals surface area contributed by atoms with E-state index in [1.54, 1.807) is 0 Å². The number of fused-ring (bicyclic) bond motifs is 2. The Hall–Kier alpha value is -4.90. The number of hydrogen-bond acceptors (Lipinski definition) is 42. The Morgan fingerprint density at radius 3 is 1.26 bits per heavy atom. The minimum absolute atomic E-state index is 0.0260. The molecule has 47 nitrogen and oxygen atoms in total. The van der Waals surface area contributed by atoms with Crippen LogP contribution in [0.4, 0.5) is 11.6 Å². The number of carbonyl (C=O) groups excluding carboxylic acids is 5. The molecule has 2 aliphatic heterocycles. The fourth-order valence-corrected chi connectivity index (χ4v) is 14.6. The first kappa shape index (κ1) is 85.7. The summed E-state index contributed by atoms with van der Waals surface area (Å²) in [5.41, 5.74) is 4.09. The maximum Gasteiger partial charge on any atom is 0.274 e. The molecule has 0 saturated carbocycles. The Morgan fingerprint density at radius 1 is 0.580 bits per heavy atom. The molecule has 4 amide bonds. The molecule has 54 heteroatoms. The number of aliphatic hydroxyl groups excluding tert-OH is 4. The molecule has 4 aromatic rings. The Labute approximate surface area is 571 Å². The number of anilines is 2. The fraction of sp³-hybridized carbons (Fsp3) is 0.674. The first-order valence-electron chi connectivity index (χ1n) is 28.7. The monoisotopic (exact) mass is 1560 g/mol. The number of ether oxygens (including phenoxy) is 2. The number of imidazole rings is 2. The molecule has 2 aliphatic rings. The van der Waals surface area contributed by atoms with Gasteiger partial charge in [0.05, 0.1) is 54.7 Å². The van der Waals surface area contributed by atoms with Crippen molar-refractivity contribution < 1.29 is 156 Å². The van der Waals surface area contributed by atoms with E-state index in [-0.39, 0.29) is 78.6 Å². The number of amides is 4. The highest BCUT2D eigenvalue weighted by molar-refractivity contribution is 7.80. The third-order valence-corrected chi connectivity index (χ3v) is 20.6. The Morgan fingerprint density at radius 2 is 0.920 bits per heavy atom. The summed E-state index contributed by atoms with van der Waals surface area (Å²) in [5, 5.41) is 52.4. The van der Waals surface area contributed by atoms with Crippen LogP contribution in [0, 0.1) is 10.8 Å². The number of thiol groups is 1. The van der Waals surface area contributed by atoms with Crippen LogP contribution in [-0.4, -0.2) is 196 Å². The first-order chi connectivity index (χ1) is 45.9. The number of phosphoric ester groups is 6. The predicted octanol–water partition coefficient (Wildman–Crippen LogP) is -7.99. The Kier molecular flexibility index (Phi) is 29.5. The molecule has 2 saturated heterocycles. The van der Waals surface area contributed by atoms with Gasteiger partial charge in [-0.05, 0) is 20.8 Å². The van der Waals surface area contributed by atoms with Gasteiger partial charge in [0.15, 0.2) is 34.4 Å².